The van der Waals surface area contributed by atoms with Crippen LogP contribution in [0.25, 0.3) is 0 Å². The van der Waals surface area contributed by atoms with Gasteiger partial charge >= 0.3 is 20.6 Å². The molecule has 0 aliphatic heterocycles. The first-order valence-electron chi connectivity index (χ1n) is 4.72. The van der Waals surface area contributed by atoms with Gasteiger partial charge in [-0.05, 0) is 3.71 Å². The maximum atomic E-state index is 10.8. The summed E-state index contributed by atoms with van der Waals surface area (Å²) in [5, 5.41) is 36.2. The molecule has 4 atom stereocenters. The SMILES string of the molecule is O=C[C@@H]([C@@H](O)[C@H](O)C(O)CO)N(S(=O)(=O)O)S(=O)(=O)O. The summed E-state index contributed by atoms with van der Waals surface area (Å²) in [5.41, 5.74) is 0. The fourth-order valence-corrected chi connectivity index (χ4v) is 3.14. The van der Waals surface area contributed by atoms with E-state index < -0.39 is 61.6 Å². The second-order valence-electron chi connectivity index (χ2n) is 3.54. The number of carbonyl (C=O) groups is 1. The van der Waals surface area contributed by atoms with E-state index in [1.165, 1.54) is 0 Å². The van der Waals surface area contributed by atoms with Crippen LogP contribution in [0.15, 0.2) is 0 Å². The number of nitrogens with zero attached hydrogens (tertiary/aromatic N) is 1. The predicted octanol–water partition coefficient (Wildman–Crippen LogP) is -4.46. The number of hydrogen-bond acceptors (Lipinski definition) is 9. The molecule has 0 saturated heterocycles. The smallest absolute Gasteiger partial charge is 0.351 e. The number of rotatable bonds is 8. The van der Waals surface area contributed by atoms with Gasteiger partial charge < -0.3 is 25.2 Å². The van der Waals surface area contributed by atoms with Crippen molar-refractivity contribution in [3.63, 3.8) is 0 Å². The zero-order chi connectivity index (χ0) is 16.3. The number of aldehydes is 1. The second kappa shape index (κ2) is 6.83. The summed E-state index contributed by atoms with van der Waals surface area (Å²) in [7, 11) is -11.4. The monoisotopic (exact) mass is 339 g/mol. The third kappa shape index (κ3) is 4.69. The molecule has 0 aromatic heterocycles. The molecule has 6 N–H and O–H groups in total. The van der Waals surface area contributed by atoms with E-state index in [2.05, 4.69) is 0 Å². The highest BCUT2D eigenvalue weighted by Crippen LogP contribution is 2.16. The molecule has 0 amide bonds. The van der Waals surface area contributed by atoms with Gasteiger partial charge in [0, 0.05) is 0 Å². The van der Waals surface area contributed by atoms with Crippen LogP contribution in [0.2, 0.25) is 0 Å². The highest BCUT2D eigenvalue weighted by Gasteiger charge is 2.45. The largest absolute Gasteiger partial charge is 0.394 e. The van der Waals surface area contributed by atoms with Gasteiger partial charge in [-0.25, -0.2) is 0 Å². The van der Waals surface area contributed by atoms with Crippen molar-refractivity contribution in [3.05, 3.63) is 0 Å². The van der Waals surface area contributed by atoms with Gasteiger partial charge in [0.05, 0.1) is 6.61 Å². The molecule has 12 nitrogen and oxygen atoms in total. The molecule has 0 heterocycles. The van der Waals surface area contributed by atoms with Crippen molar-refractivity contribution in [2.24, 2.45) is 0 Å². The molecule has 14 heteroatoms. The van der Waals surface area contributed by atoms with E-state index in [-0.39, 0.29) is 0 Å². The van der Waals surface area contributed by atoms with Gasteiger partial charge in [-0.15, -0.1) is 0 Å². The van der Waals surface area contributed by atoms with Gasteiger partial charge in [0.1, 0.15) is 30.6 Å². The number of hydrogen-bond donors (Lipinski definition) is 6. The van der Waals surface area contributed by atoms with E-state index in [1.807, 2.05) is 0 Å². The van der Waals surface area contributed by atoms with Crippen molar-refractivity contribution in [1.29, 1.82) is 0 Å². The first-order chi connectivity index (χ1) is 8.87. The average Bonchev–Trinajstić information content (AvgIpc) is 2.29. The van der Waals surface area contributed by atoms with Crippen LogP contribution in [0.5, 0.6) is 0 Å². The highest BCUT2D eigenvalue weighted by atomic mass is 32.3. The van der Waals surface area contributed by atoms with Crippen LogP contribution < -0.4 is 0 Å². The Bertz CT molecular complexity index is 495. The van der Waals surface area contributed by atoms with Crippen molar-refractivity contribution in [2.45, 2.75) is 24.4 Å². The van der Waals surface area contributed by atoms with Crippen LogP contribution in [-0.4, -0.2) is 87.3 Å². The Morgan fingerprint density at radius 3 is 1.60 bits per heavy atom. The summed E-state index contributed by atoms with van der Waals surface area (Å²) in [5.74, 6) is 0. The van der Waals surface area contributed by atoms with Gasteiger partial charge in [0.2, 0.25) is 0 Å². The van der Waals surface area contributed by atoms with Crippen molar-refractivity contribution in [1.82, 2.24) is 3.71 Å². The number of aliphatic hydroxyl groups excluding tert-OH is 4. The van der Waals surface area contributed by atoms with Gasteiger partial charge in [0.25, 0.3) is 0 Å². The van der Waals surface area contributed by atoms with Crippen LogP contribution in [0.1, 0.15) is 0 Å². The fourth-order valence-electron chi connectivity index (χ4n) is 1.22. The van der Waals surface area contributed by atoms with Gasteiger partial charge in [-0.2, -0.15) is 16.8 Å². The molecular weight excluding hydrogens is 326 g/mol. The Labute approximate surface area is 113 Å². The van der Waals surface area contributed by atoms with Crippen LogP contribution in [0.4, 0.5) is 0 Å². The van der Waals surface area contributed by atoms with Crippen molar-refractivity contribution in [3.8, 4) is 0 Å². The molecule has 20 heavy (non-hydrogen) atoms. The molecule has 0 saturated carbocycles. The summed E-state index contributed by atoms with van der Waals surface area (Å²) in [6, 6.07) is -2.67. The van der Waals surface area contributed by atoms with Crippen LogP contribution >= 0.6 is 0 Å². The molecule has 0 radical (unpaired) electrons. The minimum absolute atomic E-state index is 0.514. The topological polar surface area (TPSA) is 210 Å². The molecule has 0 rings (SSSR count). The number of carbonyl (C=O) groups excluding carboxylic acids is 1. The van der Waals surface area contributed by atoms with Crippen molar-refractivity contribution in [2.75, 3.05) is 6.61 Å². The van der Waals surface area contributed by atoms with E-state index in [9.17, 15) is 31.8 Å². The molecular formula is C6H13NO11S2. The predicted molar refractivity (Wildman–Crippen MR) is 59.9 cm³/mol. The molecule has 1 unspecified atom stereocenters. The third-order valence-corrected chi connectivity index (χ3v) is 4.65. The van der Waals surface area contributed by atoms with Gasteiger partial charge in [-0.1, -0.05) is 0 Å². The fraction of sp³-hybridized carbons (Fsp3) is 0.833. The Morgan fingerprint density at radius 2 is 1.35 bits per heavy atom. The lowest BCUT2D eigenvalue weighted by molar-refractivity contribution is -0.122. The van der Waals surface area contributed by atoms with E-state index in [0.29, 0.717) is 0 Å². The molecule has 0 bridgehead atoms. The summed E-state index contributed by atoms with van der Waals surface area (Å²) in [4.78, 5) is 10.7. The van der Waals surface area contributed by atoms with Crippen LogP contribution in [0.3, 0.4) is 0 Å². The Balaban J connectivity index is 5.70. The number of aliphatic hydroxyl groups is 4. The zero-order valence-electron chi connectivity index (χ0n) is 9.58. The molecule has 0 aromatic rings. The summed E-state index contributed by atoms with van der Waals surface area (Å²) < 4.78 is 59.4. The Hall–Kier alpha value is -0.710. The zero-order valence-corrected chi connectivity index (χ0v) is 11.2. The van der Waals surface area contributed by atoms with Crippen LogP contribution in [-0.2, 0) is 25.4 Å². The summed E-state index contributed by atoms with van der Waals surface area (Å²) >= 11 is 0. The van der Waals surface area contributed by atoms with E-state index in [4.69, 9.17) is 19.3 Å². The normalized spacial score (nSPS) is 19.4. The molecule has 0 aliphatic rings. The lowest BCUT2D eigenvalue weighted by Crippen LogP contribution is -2.56. The minimum Gasteiger partial charge on any atom is -0.394 e. The van der Waals surface area contributed by atoms with Crippen LogP contribution in [0, 0.1) is 0 Å². The Kier molecular flexibility index (Phi) is 6.59. The Morgan fingerprint density at radius 1 is 0.950 bits per heavy atom. The molecule has 0 aliphatic carbocycles. The third-order valence-electron chi connectivity index (χ3n) is 2.12. The van der Waals surface area contributed by atoms with Gasteiger partial charge in [0.15, 0.2) is 0 Å². The highest BCUT2D eigenvalue weighted by molar-refractivity contribution is 7.98. The quantitative estimate of drug-likeness (QED) is 0.183. The standard InChI is InChI=1S/C6H13NO11S2/c8-1-3(5(11)6(12)4(10)2-9)7(19(13,14)15)20(16,17)18/h1,3-6,9-12H,2H2,(H,13,14,15)(H,16,17,18)/t3-,4?,5+,6+/m0/s1. The summed E-state index contributed by atoms with van der Waals surface area (Å²) in [6.07, 6.45) is -7.48. The van der Waals surface area contributed by atoms with E-state index >= 15 is 0 Å². The maximum Gasteiger partial charge on any atom is 0.351 e. The first kappa shape index (κ1) is 19.3. The van der Waals surface area contributed by atoms with Gasteiger partial charge in [-0.3, -0.25) is 9.11 Å². The minimum atomic E-state index is -5.70. The molecule has 0 aromatic carbocycles. The molecule has 0 spiro atoms. The maximum absolute atomic E-state index is 10.8. The lowest BCUT2D eigenvalue weighted by Gasteiger charge is -2.29. The summed E-state index contributed by atoms with van der Waals surface area (Å²) in [6.45, 7) is -1.11. The average molecular weight is 339 g/mol. The molecule has 0 fully saturated rings. The lowest BCUT2D eigenvalue weighted by atomic mass is 10.0. The van der Waals surface area contributed by atoms with Crippen molar-refractivity contribution < 1.29 is 51.2 Å². The second-order valence-corrected chi connectivity index (χ2v) is 6.35. The molecule has 120 valence electrons. The first-order valence-corrected chi connectivity index (χ1v) is 7.52. The van der Waals surface area contributed by atoms with E-state index in [0.717, 1.165) is 0 Å². The van der Waals surface area contributed by atoms with E-state index in [1.54, 1.807) is 0 Å². The van der Waals surface area contributed by atoms with Crippen molar-refractivity contribution >= 4 is 26.9 Å².